The largest absolute Gasteiger partial charge is 0.346 e. The summed E-state index contributed by atoms with van der Waals surface area (Å²) in [6.45, 7) is 2.00. The number of benzene rings is 2. The summed E-state index contributed by atoms with van der Waals surface area (Å²) in [5.74, 6) is 0.141. The lowest BCUT2D eigenvalue weighted by molar-refractivity contribution is 0.631. The number of para-hydroxylation sites is 1. The van der Waals surface area contributed by atoms with Crippen molar-refractivity contribution in [1.29, 1.82) is 10.5 Å². The maximum atomic E-state index is 13.8. The van der Waals surface area contributed by atoms with Crippen LogP contribution < -0.4 is 5.32 Å². The number of rotatable bonds is 5. The molecular formula is C18H14FN3S. The predicted molar refractivity (Wildman–Crippen MR) is 90.7 cm³/mol. The highest BCUT2D eigenvalue weighted by atomic mass is 32.2. The van der Waals surface area contributed by atoms with Gasteiger partial charge >= 0.3 is 0 Å². The Labute approximate surface area is 139 Å². The van der Waals surface area contributed by atoms with Gasteiger partial charge in [-0.15, -0.1) is 11.8 Å². The maximum Gasteiger partial charge on any atom is 0.159 e. The van der Waals surface area contributed by atoms with Crippen LogP contribution in [0.4, 0.5) is 10.1 Å². The van der Waals surface area contributed by atoms with Gasteiger partial charge in [-0.1, -0.05) is 42.0 Å². The van der Waals surface area contributed by atoms with Crippen LogP contribution in [0, 0.1) is 35.4 Å². The van der Waals surface area contributed by atoms with Gasteiger partial charge < -0.3 is 5.32 Å². The van der Waals surface area contributed by atoms with Gasteiger partial charge in [0, 0.05) is 5.75 Å². The van der Waals surface area contributed by atoms with Crippen molar-refractivity contribution in [1.82, 2.24) is 0 Å². The van der Waals surface area contributed by atoms with Crippen molar-refractivity contribution in [3.05, 3.63) is 76.1 Å². The summed E-state index contributed by atoms with van der Waals surface area (Å²) < 4.78 is 13.8. The van der Waals surface area contributed by atoms with Gasteiger partial charge in [0.15, 0.2) is 5.57 Å². The van der Waals surface area contributed by atoms with E-state index in [1.165, 1.54) is 17.8 Å². The van der Waals surface area contributed by atoms with Gasteiger partial charge in [-0.25, -0.2) is 4.39 Å². The molecule has 23 heavy (non-hydrogen) atoms. The van der Waals surface area contributed by atoms with E-state index in [1.807, 2.05) is 43.3 Å². The molecule has 0 radical (unpaired) electrons. The van der Waals surface area contributed by atoms with E-state index in [0.29, 0.717) is 10.8 Å². The van der Waals surface area contributed by atoms with Crippen LogP contribution in [-0.2, 0) is 5.75 Å². The fourth-order valence-corrected chi connectivity index (χ4v) is 2.85. The Balaban J connectivity index is 2.23. The third kappa shape index (κ3) is 4.60. The molecule has 5 heteroatoms. The number of nitrogens with zero attached hydrogens (tertiary/aromatic N) is 2. The molecule has 0 bridgehead atoms. The van der Waals surface area contributed by atoms with E-state index in [-0.39, 0.29) is 11.3 Å². The molecule has 0 amide bonds. The number of hydrogen-bond acceptors (Lipinski definition) is 4. The summed E-state index contributed by atoms with van der Waals surface area (Å²) in [6, 6.07) is 17.8. The van der Waals surface area contributed by atoms with Crippen LogP contribution in [0.1, 0.15) is 11.1 Å². The zero-order chi connectivity index (χ0) is 16.7. The van der Waals surface area contributed by atoms with Crippen LogP contribution in [0.15, 0.2) is 59.1 Å². The van der Waals surface area contributed by atoms with Crippen LogP contribution >= 0.6 is 11.8 Å². The third-order valence-corrected chi connectivity index (χ3v) is 4.11. The van der Waals surface area contributed by atoms with Crippen LogP contribution in [0.2, 0.25) is 0 Å². The van der Waals surface area contributed by atoms with E-state index < -0.39 is 5.82 Å². The van der Waals surface area contributed by atoms with E-state index in [1.54, 1.807) is 18.2 Å². The summed E-state index contributed by atoms with van der Waals surface area (Å²) in [7, 11) is 0. The zero-order valence-corrected chi connectivity index (χ0v) is 13.3. The average molecular weight is 323 g/mol. The minimum Gasteiger partial charge on any atom is -0.346 e. The van der Waals surface area contributed by atoms with Crippen molar-refractivity contribution >= 4 is 17.4 Å². The van der Waals surface area contributed by atoms with Gasteiger partial charge in [-0.2, -0.15) is 10.5 Å². The van der Waals surface area contributed by atoms with Crippen LogP contribution in [0.5, 0.6) is 0 Å². The minimum absolute atomic E-state index is 0.0640. The molecule has 0 heterocycles. The molecule has 1 N–H and O–H groups in total. The number of hydrogen-bond donors (Lipinski definition) is 1. The van der Waals surface area contributed by atoms with E-state index in [0.717, 1.165) is 11.1 Å². The first kappa shape index (κ1) is 16.6. The number of aryl methyl sites for hydroxylation is 1. The van der Waals surface area contributed by atoms with Gasteiger partial charge in [0.25, 0.3) is 0 Å². The van der Waals surface area contributed by atoms with Crippen molar-refractivity contribution < 1.29 is 4.39 Å². The Morgan fingerprint density at radius 1 is 1.13 bits per heavy atom. The summed E-state index contributed by atoms with van der Waals surface area (Å²) >= 11 is 1.30. The number of nitriles is 2. The summed E-state index contributed by atoms with van der Waals surface area (Å²) in [4.78, 5) is 0. The first-order valence-corrected chi connectivity index (χ1v) is 7.87. The molecule has 0 atom stereocenters. The second kappa shape index (κ2) is 8.03. The lowest BCUT2D eigenvalue weighted by Gasteiger charge is -2.12. The van der Waals surface area contributed by atoms with Crippen molar-refractivity contribution in [2.24, 2.45) is 0 Å². The molecular weight excluding hydrogens is 309 g/mol. The van der Waals surface area contributed by atoms with Crippen LogP contribution in [0.25, 0.3) is 0 Å². The van der Waals surface area contributed by atoms with Crippen molar-refractivity contribution in [3.8, 4) is 12.1 Å². The number of allylic oxidation sites excluding steroid dienone is 1. The third-order valence-electron chi connectivity index (χ3n) is 3.04. The van der Waals surface area contributed by atoms with Crippen LogP contribution in [0.3, 0.4) is 0 Å². The highest BCUT2D eigenvalue weighted by Crippen LogP contribution is 2.27. The fourth-order valence-electron chi connectivity index (χ4n) is 1.94. The van der Waals surface area contributed by atoms with E-state index in [2.05, 4.69) is 5.32 Å². The molecule has 0 spiro atoms. The first-order valence-electron chi connectivity index (χ1n) is 6.88. The summed E-state index contributed by atoms with van der Waals surface area (Å²) in [5.41, 5.74) is 2.38. The molecule has 0 aliphatic carbocycles. The molecule has 0 aromatic heterocycles. The lowest BCUT2D eigenvalue weighted by atomic mass is 10.2. The molecule has 0 saturated carbocycles. The highest BCUT2D eigenvalue weighted by molar-refractivity contribution is 8.02. The topological polar surface area (TPSA) is 59.6 Å². The smallest absolute Gasteiger partial charge is 0.159 e. The quantitative estimate of drug-likeness (QED) is 0.808. The number of nitrogens with one attached hydrogen (secondary N) is 1. The second-order valence-electron chi connectivity index (χ2n) is 4.81. The van der Waals surface area contributed by atoms with E-state index in [4.69, 9.17) is 10.5 Å². The Bertz CT molecular complexity index is 800. The van der Waals surface area contributed by atoms with E-state index in [9.17, 15) is 4.39 Å². The zero-order valence-electron chi connectivity index (χ0n) is 12.5. The van der Waals surface area contributed by atoms with Gasteiger partial charge in [0.05, 0.1) is 5.69 Å². The Hall–Kier alpha value is -2.76. The van der Waals surface area contributed by atoms with Crippen molar-refractivity contribution in [2.75, 3.05) is 5.32 Å². The Kier molecular flexibility index (Phi) is 5.80. The molecule has 0 unspecified atom stereocenters. The maximum absolute atomic E-state index is 13.8. The standard InChI is InChI=1S/C18H14FN3S/c1-13-5-4-6-14(9-13)12-23-18(15(10-20)11-21)22-17-8-3-2-7-16(17)19/h2-9,22H,12H2,1H3. The highest BCUT2D eigenvalue weighted by Gasteiger charge is 2.10. The monoisotopic (exact) mass is 323 g/mol. The van der Waals surface area contributed by atoms with E-state index >= 15 is 0 Å². The molecule has 2 aromatic rings. The molecule has 3 nitrogen and oxygen atoms in total. The van der Waals surface area contributed by atoms with Gasteiger partial charge in [-0.3, -0.25) is 0 Å². The minimum atomic E-state index is -0.434. The Morgan fingerprint density at radius 3 is 2.52 bits per heavy atom. The molecule has 2 aromatic carbocycles. The van der Waals surface area contributed by atoms with Gasteiger partial charge in [0.2, 0.25) is 0 Å². The fraction of sp³-hybridized carbons (Fsp3) is 0.111. The average Bonchev–Trinajstić information content (AvgIpc) is 2.55. The SMILES string of the molecule is Cc1cccc(CSC(Nc2ccccc2F)=C(C#N)C#N)c1. The number of halogens is 1. The molecule has 0 aliphatic rings. The Morgan fingerprint density at radius 2 is 1.87 bits per heavy atom. The molecule has 0 fully saturated rings. The molecule has 2 rings (SSSR count). The normalized spacial score (nSPS) is 9.57. The molecule has 0 saturated heterocycles. The first-order chi connectivity index (χ1) is 11.1. The second-order valence-corrected chi connectivity index (χ2v) is 5.80. The van der Waals surface area contributed by atoms with Crippen molar-refractivity contribution in [2.45, 2.75) is 12.7 Å². The molecule has 0 aliphatic heterocycles. The number of anilines is 1. The predicted octanol–water partition coefficient (Wildman–Crippen LogP) is 4.74. The summed E-state index contributed by atoms with van der Waals surface area (Å²) in [5, 5.41) is 21.4. The lowest BCUT2D eigenvalue weighted by Crippen LogP contribution is -2.02. The van der Waals surface area contributed by atoms with Gasteiger partial charge in [0.1, 0.15) is 23.0 Å². The summed E-state index contributed by atoms with van der Waals surface area (Å²) in [6.07, 6.45) is 0. The van der Waals surface area contributed by atoms with Crippen LogP contribution in [-0.4, -0.2) is 0 Å². The molecule has 114 valence electrons. The van der Waals surface area contributed by atoms with Gasteiger partial charge in [-0.05, 0) is 24.6 Å². The van der Waals surface area contributed by atoms with Crippen molar-refractivity contribution in [3.63, 3.8) is 0 Å². The number of thioether (sulfide) groups is 1.